The van der Waals surface area contributed by atoms with Crippen LogP contribution in [0.1, 0.15) is 30.6 Å². The minimum atomic E-state index is -4.37. The number of imidazole rings is 1. The molecule has 3 aromatic heterocycles. The molecule has 0 aromatic carbocycles. The summed E-state index contributed by atoms with van der Waals surface area (Å²) in [6.45, 7) is 1.15. The maximum Gasteiger partial charge on any atom is 0.425 e. The Morgan fingerprint density at radius 1 is 1.19 bits per heavy atom. The number of thiophene rings is 1. The predicted octanol–water partition coefficient (Wildman–Crippen LogP) is 4.81. The van der Waals surface area contributed by atoms with Crippen LogP contribution in [0.15, 0.2) is 30.5 Å². The number of carbonyl (C=O) groups is 1. The number of piperidine rings is 1. The van der Waals surface area contributed by atoms with Crippen molar-refractivity contribution in [1.82, 2.24) is 19.5 Å². The number of hydrogen-bond donors (Lipinski definition) is 2. The number of aromatic nitrogens is 3. The zero-order valence-corrected chi connectivity index (χ0v) is 17.2. The summed E-state index contributed by atoms with van der Waals surface area (Å²) < 4.78 is 40.4. The second-order valence-electron chi connectivity index (χ2n) is 8.31. The first-order chi connectivity index (χ1) is 14.7. The first kappa shape index (κ1) is 20.1. The summed E-state index contributed by atoms with van der Waals surface area (Å²) in [7, 11) is 0. The highest BCUT2D eigenvalue weighted by Gasteiger charge is 2.46. The van der Waals surface area contributed by atoms with Gasteiger partial charge in [0.2, 0.25) is 0 Å². The zero-order chi connectivity index (χ0) is 21.8. The first-order valence-electron chi connectivity index (χ1n) is 9.99. The van der Waals surface area contributed by atoms with Gasteiger partial charge in [0.05, 0.1) is 11.1 Å². The molecule has 0 unspecified atom stereocenters. The zero-order valence-electron chi connectivity index (χ0n) is 16.4. The van der Waals surface area contributed by atoms with Crippen molar-refractivity contribution in [1.29, 1.82) is 0 Å². The van der Waals surface area contributed by atoms with Gasteiger partial charge in [-0.2, -0.15) is 13.2 Å². The number of anilines is 1. The molecule has 1 aliphatic heterocycles. The maximum atomic E-state index is 13.0. The number of likely N-dealkylation sites (tertiary alicyclic amines) is 1. The second-order valence-corrected chi connectivity index (χ2v) is 9.40. The van der Waals surface area contributed by atoms with Gasteiger partial charge in [0, 0.05) is 19.1 Å². The van der Waals surface area contributed by atoms with Gasteiger partial charge in [-0.05, 0) is 55.4 Å². The Hall–Kier alpha value is -2.82. The molecular formula is C20H20F3N5O2S. The molecule has 31 heavy (non-hydrogen) atoms. The summed E-state index contributed by atoms with van der Waals surface area (Å²) >= 11 is 0.673. The van der Waals surface area contributed by atoms with Gasteiger partial charge in [0.15, 0.2) is 5.65 Å². The van der Waals surface area contributed by atoms with Gasteiger partial charge in [-0.1, -0.05) is 0 Å². The average molecular weight is 451 g/mol. The molecule has 5 rings (SSSR count). The molecule has 2 N–H and O–H groups in total. The number of nitrogens with one attached hydrogen (secondary N) is 1. The van der Waals surface area contributed by atoms with Gasteiger partial charge < -0.3 is 15.3 Å². The maximum absolute atomic E-state index is 13.0. The van der Waals surface area contributed by atoms with Crippen LogP contribution in [0, 0.1) is 5.41 Å². The van der Waals surface area contributed by atoms with Gasteiger partial charge in [-0.25, -0.2) is 14.3 Å². The molecule has 11 heteroatoms. The van der Waals surface area contributed by atoms with E-state index in [0.717, 1.165) is 31.7 Å². The smallest absolute Gasteiger partial charge is 0.425 e. The molecule has 0 bridgehead atoms. The van der Waals surface area contributed by atoms with Crippen LogP contribution in [0.2, 0.25) is 0 Å². The molecule has 1 aliphatic carbocycles. The molecule has 164 valence electrons. The van der Waals surface area contributed by atoms with E-state index in [1.165, 1.54) is 17.2 Å². The topological polar surface area (TPSA) is 82.8 Å². The number of rotatable bonds is 3. The predicted molar refractivity (Wildman–Crippen MR) is 109 cm³/mol. The van der Waals surface area contributed by atoms with Crippen LogP contribution < -0.4 is 5.32 Å². The molecule has 1 saturated heterocycles. The Morgan fingerprint density at radius 2 is 1.94 bits per heavy atom. The minimum Gasteiger partial charge on any atom is -0.465 e. The van der Waals surface area contributed by atoms with E-state index in [9.17, 15) is 18.0 Å². The minimum absolute atomic E-state index is 0.193. The SMILES string of the molecule is O=C(O)N1CCC2(CC1)CC(Nc1ccc3ncc(-c4ccc(C(F)(F)F)s4)n3n1)C2. The third kappa shape index (κ3) is 3.71. The number of alkyl halides is 3. The number of fused-ring (bicyclic) bond motifs is 1. The molecule has 0 atom stereocenters. The summed E-state index contributed by atoms with van der Waals surface area (Å²) in [5, 5.41) is 17.1. The van der Waals surface area contributed by atoms with Gasteiger partial charge >= 0.3 is 12.3 Å². The van der Waals surface area contributed by atoms with Crippen LogP contribution in [0.3, 0.4) is 0 Å². The summed E-state index contributed by atoms with van der Waals surface area (Å²) in [5.74, 6) is 0.641. The van der Waals surface area contributed by atoms with Crippen molar-refractivity contribution >= 4 is 28.9 Å². The third-order valence-electron chi connectivity index (χ3n) is 6.31. The molecule has 7 nitrogen and oxygen atoms in total. The fraction of sp³-hybridized carbons (Fsp3) is 0.450. The molecule has 4 heterocycles. The van der Waals surface area contributed by atoms with E-state index >= 15 is 0 Å². The number of halogens is 3. The van der Waals surface area contributed by atoms with Crippen LogP contribution in [-0.2, 0) is 6.18 Å². The molecule has 2 aliphatic rings. The molecular weight excluding hydrogens is 431 g/mol. The summed E-state index contributed by atoms with van der Waals surface area (Å²) in [6.07, 6.45) is -0.0407. The molecule has 1 saturated carbocycles. The normalized spacial score (nSPS) is 19.0. The van der Waals surface area contributed by atoms with Crippen molar-refractivity contribution in [3.8, 4) is 10.6 Å². The summed E-state index contributed by atoms with van der Waals surface area (Å²) in [6, 6.07) is 6.37. The highest BCUT2D eigenvalue weighted by molar-refractivity contribution is 7.15. The average Bonchev–Trinajstić information content (AvgIpc) is 3.33. The van der Waals surface area contributed by atoms with Crippen molar-refractivity contribution in [2.45, 2.75) is 37.9 Å². The van der Waals surface area contributed by atoms with Gasteiger partial charge in [0.25, 0.3) is 0 Å². The van der Waals surface area contributed by atoms with E-state index < -0.39 is 17.1 Å². The van der Waals surface area contributed by atoms with E-state index in [1.807, 2.05) is 6.07 Å². The van der Waals surface area contributed by atoms with Crippen molar-refractivity contribution in [3.05, 3.63) is 35.3 Å². The number of hydrogen-bond acceptors (Lipinski definition) is 5. The highest BCUT2D eigenvalue weighted by Crippen LogP contribution is 2.50. The van der Waals surface area contributed by atoms with Gasteiger partial charge in [0.1, 0.15) is 16.4 Å². The monoisotopic (exact) mass is 451 g/mol. The Bertz CT molecular complexity index is 1130. The van der Waals surface area contributed by atoms with E-state index in [1.54, 1.807) is 10.6 Å². The lowest BCUT2D eigenvalue weighted by Crippen LogP contribution is -2.52. The van der Waals surface area contributed by atoms with Gasteiger partial charge in [-0.15, -0.1) is 16.4 Å². The first-order valence-corrected chi connectivity index (χ1v) is 10.8. The van der Waals surface area contributed by atoms with Crippen molar-refractivity contribution < 1.29 is 23.1 Å². The number of amides is 1. The van der Waals surface area contributed by atoms with E-state index in [0.29, 0.717) is 46.5 Å². The lowest BCUT2D eigenvalue weighted by molar-refractivity contribution is -0.134. The third-order valence-corrected chi connectivity index (χ3v) is 7.46. The number of nitrogens with zero attached hydrogens (tertiary/aromatic N) is 4. The molecule has 1 spiro atoms. The number of carboxylic acid groups (broad SMARTS) is 1. The second kappa shape index (κ2) is 7.11. The Balaban J connectivity index is 1.29. The van der Waals surface area contributed by atoms with E-state index in [-0.39, 0.29) is 11.5 Å². The molecule has 0 radical (unpaired) electrons. The summed E-state index contributed by atoms with van der Waals surface area (Å²) in [5.41, 5.74) is 1.28. The van der Waals surface area contributed by atoms with Crippen molar-refractivity contribution in [2.24, 2.45) is 5.41 Å². The fourth-order valence-corrected chi connectivity index (χ4v) is 5.49. The fourth-order valence-electron chi connectivity index (χ4n) is 4.62. The largest absolute Gasteiger partial charge is 0.465 e. The Labute approximate surface area is 179 Å². The van der Waals surface area contributed by atoms with E-state index in [4.69, 9.17) is 5.11 Å². The summed E-state index contributed by atoms with van der Waals surface area (Å²) in [4.78, 5) is 16.6. The molecule has 2 fully saturated rings. The lowest BCUT2D eigenvalue weighted by Gasteiger charge is -2.52. The van der Waals surface area contributed by atoms with Gasteiger partial charge in [-0.3, -0.25) is 0 Å². The quantitative estimate of drug-likeness (QED) is 0.597. The molecule has 1 amide bonds. The lowest BCUT2D eigenvalue weighted by atomic mass is 9.60. The highest BCUT2D eigenvalue weighted by atomic mass is 32.1. The Kier molecular flexibility index (Phi) is 4.61. The van der Waals surface area contributed by atoms with Crippen LogP contribution in [0.5, 0.6) is 0 Å². The van der Waals surface area contributed by atoms with Crippen LogP contribution in [-0.4, -0.2) is 49.8 Å². The Morgan fingerprint density at radius 3 is 2.58 bits per heavy atom. The van der Waals surface area contributed by atoms with Crippen molar-refractivity contribution in [3.63, 3.8) is 0 Å². The van der Waals surface area contributed by atoms with Crippen LogP contribution in [0.25, 0.3) is 16.2 Å². The van der Waals surface area contributed by atoms with Crippen molar-refractivity contribution in [2.75, 3.05) is 18.4 Å². The van der Waals surface area contributed by atoms with Crippen LogP contribution >= 0.6 is 11.3 Å². The standard InChI is InChI=1S/C20H20F3N5O2S/c21-20(22,23)15-2-1-14(31-15)13-11-24-17-4-3-16(26-28(13)17)25-12-9-19(10-12)5-7-27(8-6-19)18(29)30/h1-4,11-12H,5-10H2,(H,25,26)(H,29,30). The van der Waals surface area contributed by atoms with E-state index in [2.05, 4.69) is 15.4 Å². The molecule has 3 aromatic rings. The van der Waals surface area contributed by atoms with Crippen LogP contribution in [0.4, 0.5) is 23.8 Å².